The number of rotatable bonds is 8. The molecule has 35 heavy (non-hydrogen) atoms. The van der Waals surface area contributed by atoms with Gasteiger partial charge in [0, 0.05) is 31.3 Å². The summed E-state index contributed by atoms with van der Waals surface area (Å²) in [6.07, 6.45) is 4.76. The first kappa shape index (κ1) is 26.0. The van der Waals surface area contributed by atoms with E-state index in [4.69, 9.17) is 32.7 Å². The first-order valence-electron chi connectivity index (χ1n) is 12.1. The van der Waals surface area contributed by atoms with E-state index >= 15 is 0 Å². The third-order valence-electron chi connectivity index (χ3n) is 6.55. The number of hydrogen-bond donors (Lipinski definition) is 1. The molecule has 2 heterocycles. The number of amides is 1. The molecule has 2 fully saturated rings. The van der Waals surface area contributed by atoms with Gasteiger partial charge in [-0.3, -0.25) is 4.79 Å². The number of likely N-dealkylation sites (tertiary alicyclic amines) is 1. The highest BCUT2D eigenvalue weighted by atomic mass is 35.5. The lowest BCUT2D eigenvalue weighted by Gasteiger charge is -2.33. The number of para-hydroxylation sites is 1. The molecular weight excluding hydrogens is 487 g/mol. The summed E-state index contributed by atoms with van der Waals surface area (Å²) in [5.74, 6) is 1.07. The standard InChI is InChI=1S/C27H32Cl2N2O4/c28-24-7-5-22(17-25(24)29)20-9-11-30(12-10-20)18-23(32)19-35-26-4-2-1-3-21(26)6-8-27(33)31-13-15-34-16-14-31/h1-8,17,20,23,32H,9-16,18-19H2. The number of aliphatic hydroxyl groups is 1. The minimum atomic E-state index is -0.608. The second-order valence-electron chi connectivity index (χ2n) is 9.02. The summed E-state index contributed by atoms with van der Waals surface area (Å²) in [6, 6.07) is 13.4. The van der Waals surface area contributed by atoms with Gasteiger partial charge in [-0.25, -0.2) is 0 Å². The van der Waals surface area contributed by atoms with Crippen LogP contribution in [0.1, 0.15) is 29.9 Å². The summed E-state index contributed by atoms with van der Waals surface area (Å²) in [4.78, 5) is 16.4. The van der Waals surface area contributed by atoms with Crippen LogP contribution < -0.4 is 4.74 Å². The molecule has 2 aliphatic rings. The van der Waals surface area contributed by atoms with Gasteiger partial charge in [-0.2, -0.15) is 0 Å². The predicted octanol–water partition coefficient (Wildman–Crippen LogP) is 4.48. The summed E-state index contributed by atoms with van der Waals surface area (Å²) < 4.78 is 11.2. The SMILES string of the molecule is O=C(C=Cc1ccccc1OCC(O)CN1CCC(c2ccc(Cl)c(Cl)c2)CC1)N1CCOCC1. The van der Waals surface area contributed by atoms with Crippen molar-refractivity contribution in [2.75, 3.05) is 52.5 Å². The summed E-state index contributed by atoms with van der Waals surface area (Å²) in [7, 11) is 0. The second-order valence-corrected chi connectivity index (χ2v) is 9.84. The zero-order chi connectivity index (χ0) is 24.6. The number of morpholine rings is 1. The highest BCUT2D eigenvalue weighted by Gasteiger charge is 2.23. The average Bonchev–Trinajstić information content (AvgIpc) is 2.89. The fraction of sp³-hybridized carbons (Fsp3) is 0.444. The van der Waals surface area contributed by atoms with Crippen LogP contribution in [-0.4, -0.2) is 79.5 Å². The molecule has 1 atom stereocenters. The van der Waals surface area contributed by atoms with Gasteiger partial charge in [0.25, 0.3) is 0 Å². The monoisotopic (exact) mass is 518 g/mol. The number of carbonyl (C=O) groups excluding carboxylic acids is 1. The van der Waals surface area contributed by atoms with Crippen LogP contribution in [0.3, 0.4) is 0 Å². The molecule has 2 aromatic rings. The molecule has 1 N–H and O–H groups in total. The normalized spacial score (nSPS) is 18.7. The third-order valence-corrected chi connectivity index (χ3v) is 7.29. The Labute approximate surface area is 217 Å². The minimum Gasteiger partial charge on any atom is -0.490 e. The molecule has 2 aromatic carbocycles. The molecule has 2 saturated heterocycles. The largest absolute Gasteiger partial charge is 0.490 e. The fourth-order valence-electron chi connectivity index (χ4n) is 4.55. The number of piperidine rings is 1. The van der Waals surface area contributed by atoms with Crippen LogP contribution in [-0.2, 0) is 9.53 Å². The molecule has 1 unspecified atom stereocenters. The van der Waals surface area contributed by atoms with Crippen molar-refractivity contribution in [2.45, 2.75) is 24.9 Å². The van der Waals surface area contributed by atoms with E-state index in [0.717, 1.165) is 31.5 Å². The van der Waals surface area contributed by atoms with Crippen molar-refractivity contribution < 1.29 is 19.4 Å². The number of hydrogen-bond acceptors (Lipinski definition) is 5. The topological polar surface area (TPSA) is 62.2 Å². The number of β-amino-alcohol motifs (C(OH)–C–C–N with tert-alkyl or cyclic N) is 1. The zero-order valence-corrected chi connectivity index (χ0v) is 21.3. The van der Waals surface area contributed by atoms with Gasteiger partial charge in [0.1, 0.15) is 18.5 Å². The van der Waals surface area contributed by atoms with E-state index in [0.29, 0.717) is 54.6 Å². The number of nitrogens with zero attached hydrogens (tertiary/aromatic N) is 2. The van der Waals surface area contributed by atoms with Gasteiger partial charge >= 0.3 is 0 Å². The lowest BCUT2D eigenvalue weighted by atomic mass is 9.89. The number of ether oxygens (including phenoxy) is 2. The van der Waals surface area contributed by atoms with Gasteiger partial charge in [0.15, 0.2) is 0 Å². The van der Waals surface area contributed by atoms with Crippen molar-refractivity contribution in [1.82, 2.24) is 9.80 Å². The van der Waals surface area contributed by atoms with Gasteiger partial charge in [0.05, 0.1) is 23.3 Å². The van der Waals surface area contributed by atoms with Crippen LogP contribution in [0.5, 0.6) is 5.75 Å². The first-order valence-corrected chi connectivity index (χ1v) is 12.9. The molecule has 8 heteroatoms. The number of halogens is 2. The quantitative estimate of drug-likeness (QED) is 0.521. The minimum absolute atomic E-state index is 0.0348. The van der Waals surface area contributed by atoms with Crippen LogP contribution >= 0.6 is 23.2 Å². The van der Waals surface area contributed by atoms with Gasteiger partial charge in [-0.1, -0.05) is 47.5 Å². The van der Waals surface area contributed by atoms with Crippen LogP contribution in [0.2, 0.25) is 10.0 Å². The Morgan fingerprint density at radius 1 is 1.09 bits per heavy atom. The molecule has 4 rings (SSSR count). The van der Waals surface area contributed by atoms with Gasteiger partial charge in [-0.05, 0) is 61.7 Å². The Balaban J connectivity index is 1.24. The van der Waals surface area contributed by atoms with Crippen LogP contribution in [0.15, 0.2) is 48.5 Å². The molecule has 0 saturated carbocycles. The molecule has 0 radical (unpaired) electrons. The molecular formula is C27H32Cl2N2O4. The lowest BCUT2D eigenvalue weighted by molar-refractivity contribution is -0.129. The molecule has 6 nitrogen and oxygen atoms in total. The van der Waals surface area contributed by atoms with Crippen molar-refractivity contribution in [1.29, 1.82) is 0 Å². The van der Waals surface area contributed by atoms with E-state index in [-0.39, 0.29) is 12.5 Å². The van der Waals surface area contributed by atoms with Crippen molar-refractivity contribution in [3.05, 3.63) is 69.7 Å². The Morgan fingerprint density at radius 2 is 1.83 bits per heavy atom. The Hall–Kier alpha value is -2.09. The second kappa shape index (κ2) is 12.7. The molecule has 1 amide bonds. The van der Waals surface area contributed by atoms with Crippen molar-refractivity contribution in [3.63, 3.8) is 0 Å². The highest BCUT2D eigenvalue weighted by Crippen LogP contribution is 2.32. The summed E-state index contributed by atoms with van der Waals surface area (Å²) in [6.45, 7) is 4.93. The molecule has 0 aromatic heterocycles. The first-order chi connectivity index (χ1) is 17.0. The van der Waals surface area contributed by atoms with Crippen LogP contribution in [0.25, 0.3) is 6.08 Å². The maximum Gasteiger partial charge on any atom is 0.246 e. The van der Waals surface area contributed by atoms with E-state index < -0.39 is 6.10 Å². The van der Waals surface area contributed by atoms with E-state index in [1.54, 1.807) is 17.1 Å². The third kappa shape index (κ3) is 7.45. The van der Waals surface area contributed by atoms with Crippen LogP contribution in [0, 0.1) is 0 Å². The number of benzene rings is 2. The van der Waals surface area contributed by atoms with E-state index in [1.807, 2.05) is 36.4 Å². The Bertz CT molecular complexity index is 1020. The number of carbonyl (C=O) groups is 1. The van der Waals surface area contributed by atoms with Gasteiger partial charge < -0.3 is 24.4 Å². The average molecular weight is 519 g/mol. The summed E-state index contributed by atoms with van der Waals surface area (Å²) >= 11 is 12.2. The predicted molar refractivity (Wildman–Crippen MR) is 139 cm³/mol. The van der Waals surface area contributed by atoms with E-state index in [9.17, 15) is 9.90 Å². The number of aliphatic hydroxyl groups excluding tert-OH is 1. The van der Waals surface area contributed by atoms with Crippen molar-refractivity contribution in [2.24, 2.45) is 0 Å². The van der Waals surface area contributed by atoms with Gasteiger partial charge in [-0.15, -0.1) is 0 Å². The molecule has 0 bridgehead atoms. The zero-order valence-electron chi connectivity index (χ0n) is 19.7. The van der Waals surface area contributed by atoms with E-state index in [1.165, 1.54) is 5.56 Å². The van der Waals surface area contributed by atoms with Gasteiger partial charge in [0.2, 0.25) is 5.91 Å². The highest BCUT2D eigenvalue weighted by molar-refractivity contribution is 6.42. The summed E-state index contributed by atoms with van der Waals surface area (Å²) in [5, 5.41) is 11.8. The molecule has 2 aliphatic heterocycles. The molecule has 188 valence electrons. The molecule has 0 aliphatic carbocycles. The Kier molecular flexibility index (Phi) is 9.46. The molecule has 0 spiro atoms. The smallest absolute Gasteiger partial charge is 0.246 e. The maximum atomic E-state index is 12.4. The maximum absolute atomic E-state index is 12.4. The van der Waals surface area contributed by atoms with Crippen LogP contribution in [0.4, 0.5) is 0 Å². The van der Waals surface area contributed by atoms with E-state index in [2.05, 4.69) is 11.0 Å². The summed E-state index contributed by atoms with van der Waals surface area (Å²) in [5.41, 5.74) is 2.03. The Morgan fingerprint density at radius 3 is 2.57 bits per heavy atom. The van der Waals surface area contributed by atoms with Crippen molar-refractivity contribution >= 4 is 35.2 Å². The fourth-order valence-corrected chi connectivity index (χ4v) is 4.86. The lowest BCUT2D eigenvalue weighted by Crippen LogP contribution is -2.40. The van der Waals surface area contributed by atoms with Crippen molar-refractivity contribution in [3.8, 4) is 5.75 Å².